The fraction of sp³-hybridized carbons (Fsp3) is 0.727. The fourth-order valence-electron chi connectivity index (χ4n) is 7.73. The Balaban J connectivity index is 1.78. The summed E-state index contributed by atoms with van der Waals surface area (Å²) in [4.78, 5) is 25.3. The Labute approximate surface area is 164 Å². The predicted molar refractivity (Wildman–Crippen MR) is 98.7 cm³/mol. The third kappa shape index (κ3) is 1.73. The number of ether oxygens (including phenoxy) is 2. The third-order valence-corrected chi connectivity index (χ3v) is 8.64. The highest BCUT2D eigenvalue weighted by Crippen LogP contribution is 2.76. The fourth-order valence-corrected chi connectivity index (χ4v) is 7.73. The minimum atomic E-state index is -1.88. The van der Waals surface area contributed by atoms with Crippen LogP contribution in [0.1, 0.15) is 40.0 Å². The van der Waals surface area contributed by atoms with Crippen molar-refractivity contribution in [2.75, 3.05) is 6.61 Å². The van der Waals surface area contributed by atoms with E-state index >= 15 is 0 Å². The van der Waals surface area contributed by atoms with E-state index in [2.05, 4.69) is 6.58 Å². The summed E-state index contributed by atoms with van der Waals surface area (Å²) in [5.41, 5.74) is -1.70. The molecule has 0 aromatic carbocycles. The van der Waals surface area contributed by atoms with Crippen LogP contribution in [-0.2, 0) is 19.1 Å². The Bertz CT molecular complexity index is 829. The lowest BCUT2D eigenvalue weighted by Crippen LogP contribution is -2.83. The van der Waals surface area contributed by atoms with E-state index in [-0.39, 0.29) is 24.2 Å². The number of hydrogen-bond acceptors (Lipinski definition) is 6. The van der Waals surface area contributed by atoms with Gasteiger partial charge in [0.05, 0.1) is 17.4 Å². The second-order valence-corrected chi connectivity index (χ2v) is 10.1. The van der Waals surface area contributed by atoms with Gasteiger partial charge < -0.3 is 19.7 Å². The molecule has 2 heterocycles. The highest BCUT2D eigenvalue weighted by Gasteiger charge is 2.84. The SMILES string of the molecule is C=C1[C@@H]2CC[C@H]3[C@@]45CO[C@](O)([C@@H](O)[C@@H]4C(C)(C)C=CC5=O)[C@]3(C2)[C@@H]1OC(C)=O. The highest BCUT2D eigenvalue weighted by molar-refractivity contribution is 5.97. The second kappa shape index (κ2) is 5.15. The number of aliphatic hydroxyl groups excluding tert-OH is 1. The number of ketones is 1. The Morgan fingerprint density at radius 1 is 1.36 bits per heavy atom. The predicted octanol–water partition coefficient (Wildman–Crippen LogP) is 1.75. The van der Waals surface area contributed by atoms with Gasteiger partial charge in [-0.15, -0.1) is 0 Å². The van der Waals surface area contributed by atoms with Crippen LogP contribution in [0.5, 0.6) is 0 Å². The molecule has 6 nitrogen and oxygen atoms in total. The normalized spacial score (nSPS) is 53.0. The molecule has 6 rings (SSSR count). The number of carbonyl (C=O) groups excluding carboxylic acids is 2. The van der Waals surface area contributed by atoms with E-state index in [0.29, 0.717) is 12.8 Å². The van der Waals surface area contributed by atoms with Crippen LogP contribution in [0.3, 0.4) is 0 Å². The third-order valence-electron chi connectivity index (χ3n) is 8.64. The molecule has 2 N–H and O–H groups in total. The van der Waals surface area contributed by atoms with Crippen molar-refractivity contribution in [3.05, 3.63) is 24.3 Å². The van der Waals surface area contributed by atoms with Crippen LogP contribution in [0, 0.1) is 34.0 Å². The number of hydrogen-bond donors (Lipinski definition) is 2. The Morgan fingerprint density at radius 3 is 2.75 bits per heavy atom. The molecule has 6 heteroatoms. The average Bonchev–Trinajstić information content (AvgIpc) is 2.82. The Hall–Kier alpha value is -1.50. The molecule has 0 unspecified atom stereocenters. The first-order valence-corrected chi connectivity index (χ1v) is 10.2. The molecule has 4 bridgehead atoms. The summed E-state index contributed by atoms with van der Waals surface area (Å²) in [6, 6.07) is 0. The van der Waals surface area contributed by atoms with Gasteiger partial charge >= 0.3 is 5.97 Å². The minimum Gasteiger partial charge on any atom is -0.457 e. The zero-order valence-electron chi connectivity index (χ0n) is 16.6. The lowest BCUT2D eigenvalue weighted by atomic mass is 9.37. The van der Waals surface area contributed by atoms with Gasteiger partial charge in [-0.2, -0.15) is 0 Å². The molecule has 0 amide bonds. The first-order valence-electron chi connectivity index (χ1n) is 10.2. The van der Waals surface area contributed by atoms with Crippen LogP contribution in [0.25, 0.3) is 0 Å². The zero-order chi connectivity index (χ0) is 20.3. The summed E-state index contributed by atoms with van der Waals surface area (Å²) in [6.07, 6.45) is 3.49. The highest BCUT2D eigenvalue weighted by atomic mass is 16.6. The number of fused-ring (bicyclic) bond motifs is 2. The quantitative estimate of drug-likeness (QED) is 0.525. The summed E-state index contributed by atoms with van der Waals surface area (Å²) < 4.78 is 11.7. The summed E-state index contributed by atoms with van der Waals surface area (Å²) in [5.74, 6) is -3.03. The molecule has 2 saturated heterocycles. The second-order valence-electron chi connectivity index (χ2n) is 10.1. The molecule has 0 aromatic heterocycles. The zero-order valence-corrected chi connectivity index (χ0v) is 16.6. The van der Waals surface area contributed by atoms with E-state index in [1.165, 1.54) is 6.92 Å². The molecule has 8 atom stereocenters. The lowest BCUT2D eigenvalue weighted by molar-refractivity contribution is -0.441. The monoisotopic (exact) mass is 388 g/mol. The number of rotatable bonds is 1. The van der Waals surface area contributed by atoms with Gasteiger partial charge in [-0.25, -0.2) is 0 Å². The van der Waals surface area contributed by atoms with Crippen LogP contribution in [0.4, 0.5) is 0 Å². The van der Waals surface area contributed by atoms with Crippen LogP contribution in [0.2, 0.25) is 0 Å². The first kappa shape index (κ1) is 18.5. The molecular formula is C22H28O6. The van der Waals surface area contributed by atoms with Crippen LogP contribution in [0.15, 0.2) is 24.3 Å². The molecule has 3 saturated carbocycles. The maximum atomic E-state index is 13.4. The van der Waals surface area contributed by atoms with Crippen molar-refractivity contribution in [2.24, 2.45) is 34.0 Å². The van der Waals surface area contributed by atoms with Crippen molar-refractivity contribution >= 4 is 11.8 Å². The minimum absolute atomic E-state index is 0.0560. The molecule has 2 aliphatic heterocycles. The number of esters is 1. The van der Waals surface area contributed by atoms with E-state index in [1.54, 1.807) is 6.08 Å². The summed E-state index contributed by atoms with van der Waals surface area (Å²) in [6.45, 7) is 9.58. The molecule has 28 heavy (non-hydrogen) atoms. The number of aliphatic hydroxyl groups is 2. The molecule has 0 radical (unpaired) electrons. The first-order chi connectivity index (χ1) is 13.0. The van der Waals surface area contributed by atoms with Crippen LogP contribution < -0.4 is 0 Å². The van der Waals surface area contributed by atoms with Gasteiger partial charge in [0.25, 0.3) is 0 Å². The standard InChI is InChI=1S/C22H28O6/c1-11-13-5-6-14-20-10-27-22(26,21(14,9-13)18(11)28-12(2)23)17(25)16(20)19(3,4)8-7-15(20)24/h7-8,13-14,16-18,25-26H,1,5-6,9-10H2,2-4H3/t13-,14+,16-,17+,18-,20-,21+,22-/m1/s1. The average molecular weight is 388 g/mol. The molecule has 4 aliphatic carbocycles. The summed E-state index contributed by atoms with van der Waals surface area (Å²) >= 11 is 0. The molecule has 5 fully saturated rings. The van der Waals surface area contributed by atoms with Crippen molar-refractivity contribution in [1.29, 1.82) is 0 Å². The van der Waals surface area contributed by atoms with E-state index in [0.717, 1.165) is 12.0 Å². The molecule has 152 valence electrons. The Morgan fingerprint density at radius 2 is 2.07 bits per heavy atom. The number of carbonyl (C=O) groups is 2. The maximum Gasteiger partial charge on any atom is 0.303 e. The van der Waals surface area contributed by atoms with Crippen molar-refractivity contribution in [3.8, 4) is 0 Å². The summed E-state index contributed by atoms with van der Waals surface area (Å²) in [7, 11) is 0. The molecule has 0 aromatic rings. The smallest absolute Gasteiger partial charge is 0.303 e. The molecular weight excluding hydrogens is 360 g/mol. The largest absolute Gasteiger partial charge is 0.457 e. The van der Waals surface area contributed by atoms with E-state index < -0.39 is 46.1 Å². The lowest BCUT2D eigenvalue weighted by Gasteiger charge is -2.72. The van der Waals surface area contributed by atoms with Gasteiger partial charge in [-0.3, -0.25) is 9.59 Å². The molecule has 6 aliphatic rings. The van der Waals surface area contributed by atoms with Crippen molar-refractivity contribution < 1.29 is 29.3 Å². The van der Waals surface area contributed by atoms with Gasteiger partial charge in [0.1, 0.15) is 12.2 Å². The van der Waals surface area contributed by atoms with Crippen molar-refractivity contribution in [1.82, 2.24) is 0 Å². The molecule has 2 spiro atoms. The Kier molecular flexibility index (Phi) is 3.41. The van der Waals surface area contributed by atoms with Gasteiger partial charge in [-0.1, -0.05) is 26.5 Å². The van der Waals surface area contributed by atoms with E-state index in [9.17, 15) is 19.8 Å². The van der Waals surface area contributed by atoms with Crippen LogP contribution in [-0.4, -0.2) is 46.6 Å². The maximum absolute atomic E-state index is 13.4. The van der Waals surface area contributed by atoms with E-state index in [4.69, 9.17) is 9.47 Å². The van der Waals surface area contributed by atoms with E-state index in [1.807, 2.05) is 19.9 Å². The van der Waals surface area contributed by atoms with Crippen molar-refractivity contribution in [3.63, 3.8) is 0 Å². The topological polar surface area (TPSA) is 93.1 Å². The number of allylic oxidation sites excluding steroid dienone is 2. The van der Waals surface area contributed by atoms with Gasteiger partial charge in [0, 0.05) is 12.8 Å². The summed E-state index contributed by atoms with van der Waals surface area (Å²) in [5, 5.41) is 23.3. The van der Waals surface area contributed by atoms with Gasteiger partial charge in [0.2, 0.25) is 5.79 Å². The van der Waals surface area contributed by atoms with Gasteiger partial charge in [0.15, 0.2) is 5.78 Å². The van der Waals surface area contributed by atoms with Gasteiger partial charge in [-0.05, 0) is 48.2 Å². The van der Waals surface area contributed by atoms with Crippen LogP contribution >= 0.6 is 0 Å². The van der Waals surface area contributed by atoms with Crippen molar-refractivity contribution in [2.45, 2.75) is 58.0 Å².